The molecule has 4 fully saturated rings. The van der Waals surface area contributed by atoms with E-state index in [1.165, 1.54) is 16.1 Å². The van der Waals surface area contributed by atoms with Crippen LogP contribution in [0.15, 0.2) is 35.5 Å². The van der Waals surface area contributed by atoms with Crippen LogP contribution >= 0.6 is 0 Å². The van der Waals surface area contributed by atoms with Crippen LogP contribution in [0, 0.1) is 11.3 Å². The van der Waals surface area contributed by atoms with E-state index < -0.39 is 50.6 Å². The molecule has 5 atom stereocenters. The lowest BCUT2D eigenvalue weighted by Crippen LogP contribution is -2.76. The van der Waals surface area contributed by atoms with Gasteiger partial charge in [-0.1, -0.05) is 25.1 Å². The van der Waals surface area contributed by atoms with Gasteiger partial charge in [0.25, 0.3) is 5.91 Å². The van der Waals surface area contributed by atoms with Crippen molar-refractivity contribution < 1.29 is 42.0 Å². The minimum absolute atomic E-state index is 0.158. The third-order valence-corrected chi connectivity index (χ3v) is 14.4. The number of fused-ring (bicyclic) bond motifs is 4. The number of carbonyl (C=O) groups is 3. The van der Waals surface area contributed by atoms with Crippen molar-refractivity contribution in [2.24, 2.45) is 17.1 Å². The Morgan fingerprint density at radius 2 is 1.78 bits per heavy atom. The van der Waals surface area contributed by atoms with Gasteiger partial charge in [-0.25, -0.2) is 13.2 Å². The first-order chi connectivity index (χ1) is 21.2. The van der Waals surface area contributed by atoms with Gasteiger partial charge in [0, 0.05) is 17.9 Å². The quantitative estimate of drug-likeness (QED) is 0.266. The lowest BCUT2D eigenvalue weighted by Gasteiger charge is -2.55. The molecule has 6 heterocycles. The molecule has 12 nitrogen and oxygen atoms in total. The summed E-state index contributed by atoms with van der Waals surface area (Å²) in [6, 6.07) is 5.11. The standard InChI is InChI=1S/C32H41N5O7S/c1-19-23(28(30(40)41)35-29(19)32(3,20(2)38)31(35)42)17-34-24-6-4-5-22-21(7-8-25(27(22)24)45(34,43)44)9-10-36-11-14-37(15-12-36,16-13-36)18-26(33)39/h4-7,19-20,25,29,38H,8-18H2,1-3H3,(H-2,33,39,40,41)/p+2/t19-,20+,25?,29+,32+,36?,37?/m0/s1. The van der Waals surface area contributed by atoms with Crippen LogP contribution in [0.5, 0.6) is 0 Å². The van der Waals surface area contributed by atoms with Gasteiger partial charge in [-0.3, -0.25) is 13.9 Å². The van der Waals surface area contributed by atoms with Gasteiger partial charge < -0.3 is 29.8 Å². The second kappa shape index (κ2) is 9.87. The topological polar surface area (TPSA) is 158 Å². The number of primary amides is 1. The highest BCUT2D eigenvalue weighted by Gasteiger charge is 2.67. The van der Waals surface area contributed by atoms with Crippen LogP contribution in [0.3, 0.4) is 0 Å². The fourth-order valence-corrected chi connectivity index (χ4v) is 11.3. The smallest absolute Gasteiger partial charge is 0.352 e. The van der Waals surface area contributed by atoms with E-state index in [0.29, 0.717) is 24.2 Å². The summed E-state index contributed by atoms with van der Waals surface area (Å²) in [4.78, 5) is 38.5. The molecule has 1 aromatic carbocycles. The first kappa shape index (κ1) is 30.4. The highest BCUT2D eigenvalue weighted by molar-refractivity contribution is 7.93. The highest BCUT2D eigenvalue weighted by atomic mass is 32.2. The van der Waals surface area contributed by atoms with E-state index in [0.717, 1.165) is 77.9 Å². The number of amides is 2. The molecule has 242 valence electrons. The molecule has 1 unspecified atom stereocenters. The summed E-state index contributed by atoms with van der Waals surface area (Å²) in [6.45, 7) is 12.1. The maximum absolute atomic E-state index is 14.1. The normalized spacial score (nSPS) is 36.4. The first-order valence-corrected chi connectivity index (χ1v) is 17.5. The zero-order valence-corrected chi connectivity index (χ0v) is 26.9. The Balaban J connectivity index is 1.15. The number of carbonyl (C=O) groups excluding carboxylic acids is 2. The summed E-state index contributed by atoms with van der Waals surface area (Å²) in [5.74, 6) is -2.42. The first-order valence-electron chi connectivity index (χ1n) is 16.0. The number of benzene rings is 1. The average Bonchev–Trinajstić information content (AvgIpc) is 3.39. The Morgan fingerprint density at radius 3 is 2.38 bits per heavy atom. The van der Waals surface area contributed by atoms with Crippen molar-refractivity contribution in [2.75, 3.05) is 63.2 Å². The van der Waals surface area contributed by atoms with E-state index in [1.54, 1.807) is 13.0 Å². The average molecular weight is 642 g/mol. The van der Waals surface area contributed by atoms with Gasteiger partial charge in [-0.2, -0.15) is 0 Å². The number of carboxylic acids is 1. The van der Waals surface area contributed by atoms with Crippen molar-refractivity contribution in [3.05, 3.63) is 46.7 Å². The maximum Gasteiger partial charge on any atom is 0.352 e. The van der Waals surface area contributed by atoms with Crippen molar-refractivity contribution in [2.45, 2.75) is 51.0 Å². The Labute approximate surface area is 263 Å². The molecule has 6 aliphatic heterocycles. The van der Waals surface area contributed by atoms with Crippen LogP contribution in [0.25, 0.3) is 5.57 Å². The summed E-state index contributed by atoms with van der Waals surface area (Å²) >= 11 is 0. The Morgan fingerprint density at radius 1 is 1.13 bits per heavy atom. The molecular weight excluding hydrogens is 598 g/mol. The summed E-state index contributed by atoms with van der Waals surface area (Å²) in [5, 5.41) is 19.9. The van der Waals surface area contributed by atoms with Gasteiger partial charge in [0.1, 0.15) is 50.2 Å². The predicted octanol–water partition coefficient (Wildman–Crippen LogP) is 0.787. The molecule has 4 saturated heterocycles. The van der Waals surface area contributed by atoms with Crippen molar-refractivity contribution >= 4 is 39.1 Å². The number of piperazine rings is 3. The number of rotatable bonds is 9. The van der Waals surface area contributed by atoms with E-state index in [9.17, 15) is 33.0 Å². The number of sulfonamides is 1. The van der Waals surface area contributed by atoms with Gasteiger partial charge in [-0.15, -0.1) is 0 Å². The zero-order valence-electron chi connectivity index (χ0n) is 26.1. The van der Waals surface area contributed by atoms with Crippen LogP contribution in [0.4, 0.5) is 5.69 Å². The fraction of sp³-hybridized carbons (Fsp3) is 0.594. The Kier molecular flexibility index (Phi) is 6.67. The molecular formula is C32H43N5O7S+2. The van der Waals surface area contributed by atoms with Crippen molar-refractivity contribution in [1.29, 1.82) is 0 Å². The summed E-state index contributed by atoms with van der Waals surface area (Å²) < 4.78 is 31.4. The number of quaternary nitrogens is 2. The number of hydrogen-bond acceptors (Lipinski definition) is 6. The number of β-lactam (4-membered cyclic amide) rings is 1. The minimum atomic E-state index is -3.86. The Bertz CT molecular complexity index is 1680. The number of aliphatic hydroxyl groups is 1. The van der Waals surface area contributed by atoms with E-state index in [2.05, 4.69) is 6.08 Å². The molecule has 0 radical (unpaired) electrons. The van der Waals surface area contributed by atoms with Gasteiger partial charge in [-0.05, 0) is 43.0 Å². The SMILES string of the molecule is C[C@H]1C(CN2c3cccc4c3C(CC=C4CC[N+]34CC[N+](CC(N)=O)(CC3)CC4)S2(=O)=O)=C(C(=O)O)N2C(=O)[C@](C)([C@@H](C)O)[C@@H]12. The second-order valence-electron chi connectivity index (χ2n) is 14.4. The Hall–Kier alpha value is -3.26. The monoisotopic (exact) mass is 641 g/mol. The summed E-state index contributed by atoms with van der Waals surface area (Å²) in [5.41, 5.74) is 8.05. The van der Waals surface area contributed by atoms with Crippen LogP contribution in [0.2, 0.25) is 0 Å². The molecule has 1 aromatic rings. The molecule has 0 aromatic heterocycles. The van der Waals surface area contributed by atoms with Crippen LogP contribution < -0.4 is 10.0 Å². The van der Waals surface area contributed by atoms with Crippen LogP contribution in [-0.4, -0.2) is 121 Å². The number of carboxylic acid groups (broad SMARTS) is 1. The number of nitrogens with zero attached hydrogens (tertiary/aromatic N) is 4. The second-order valence-corrected chi connectivity index (χ2v) is 16.5. The molecule has 4 N–H and O–H groups in total. The number of allylic oxidation sites excluding steroid dienone is 1. The number of aliphatic hydroxyl groups excluding tert-OH is 1. The molecule has 7 aliphatic rings. The van der Waals surface area contributed by atoms with E-state index in [-0.39, 0.29) is 18.1 Å². The van der Waals surface area contributed by atoms with Gasteiger partial charge in [0.15, 0.2) is 6.54 Å². The molecule has 1 aliphatic carbocycles. The summed E-state index contributed by atoms with van der Waals surface area (Å²) in [6.07, 6.45) is 2.25. The third-order valence-electron chi connectivity index (χ3n) is 12.3. The van der Waals surface area contributed by atoms with Crippen LogP contribution in [0.1, 0.15) is 50.0 Å². The number of nitrogens with two attached hydrogens (primary N) is 1. The van der Waals surface area contributed by atoms with Gasteiger partial charge >= 0.3 is 5.97 Å². The molecule has 0 spiro atoms. The van der Waals surface area contributed by atoms with Gasteiger partial charge in [0.05, 0.1) is 36.3 Å². The fourth-order valence-electron chi connectivity index (χ4n) is 9.34. The predicted molar refractivity (Wildman–Crippen MR) is 166 cm³/mol. The van der Waals surface area contributed by atoms with E-state index in [1.807, 2.05) is 19.1 Å². The number of aliphatic carboxylic acids is 1. The third kappa shape index (κ3) is 4.13. The van der Waals surface area contributed by atoms with Gasteiger partial charge in [0.2, 0.25) is 15.9 Å². The largest absolute Gasteiger partial charge is 0.477 e. The van der Waals surface area contributed by atoms with Crippen molar-refractivity contribution in [1.82, 2.24) is 4.90 Å². The lowest BCUT2D eigenvalue weighted by molar-refractivity contribution is -1.08. The molecule has 8 rings (SSSR count). The molecule has 0 saturated carbocycles. The maximum atomic E-state index is 14.1. The highest BCUT2D eigenvalue weighted by Crippen LogP contribution is 2.56. The molecule has 45 heavy (non-hydrogen) atoms. The van der Waals surface area contributed by atoms with Crippen molar-refractivity contribution in [3.63, 3.8) is 0 Å². The number of anilines is 1. The van der Waals surface area contributed by atoms with E-state index >= 15 is 0 Å². The van der Waals surface area contributed by atoms with Crippen molar-refractivity contribution in [3.8, 4) is 0 Å². The van der Waals surface area contributed by atoms with E-state index in [4.69, 9.17) is 5.73 Å². The molecule has 2 amide bonds. The minimum Gasteiger partial charge on any atom is -0.477 e. The zero-order chi connectivity index (χ0) is 32.3. The lowest BCUT2D eigenvalue weighted by atomic mass is 9.65. The van der Waals surface area contributed by atoms with Crippen LogP contribution in [-0.2, 0) is 24.4 Å². The molecule has 2 bridgehead atoms. The molecule has 13 heteroatoms. The number of hydrogen-bond donors (Lipinski definition) is 3. The summed E-state index contributed by atoms with van der Waals surface area (Å²) in [7, 11) is -3.86.